The normalized spacial score (nSPS) is 12.5. The molecule has 8 heteroatoms. The quantitative estimate of drug-likeness (QED) is 0.475. The maximum absolute atomic E-state index is 14.1. The first-order chi connectivity index (χ1) is 12.3. The van der Waals surface area contributed by atoms with Gasteiger partial charge in [-0.2, -0.15) is 18.2 Å². The van der Waals surface area contributed by atoms with Gasteiger partial charge in [0.15, 0.2) is 4.80 Å². The van der Waals surface area contributed by atoms with Crippen molar-refractivity contribution < 1.29 is 22.4 Å². The molecule has 3 nitrogen and oxygen atoms in total. The van der Waals surface area contributed by atoms with Crippen LogP contribution in [-0.4, -0.2) is 10.5 Å². The van der Waals surface area contributed by atoms with E-state index >= 15 is 0 Å². The molecule has 1 amide bonds. The Hall–Kier alpha value is -2.74. The summed E-state index contributed by atoms with van der Waals surface area (Å²) in [6.07, 6.45) is -3.04. The second-order valence-corrected chi connectivity index (χ2v) is 6.38. The molecule has 3 rings (SSSR count). The van der Waals surface area contributed by atoms with Crippen LogP contribution < -0.4 is 4.80 Å². The topological polar surface area (TPSA) is 34.4 Å². The van der Waals surface area contributed by atoms with Crippen LogP contribution in [0.5, 0.6) is 0 Å². The van der Waals surface area contributed by atoms with E-state index in [4.69, 9.17) is 0 Å². The number of amides is 1. The van der Waals surface area contributed by atoms with Gasteiger partial charge in [-0.05, 0) is 30.3 Å². The zero-order valence-electron chi connectivity index (χ0n) is 13.3. The molecule has 0 aliphatic heterocycles. The van der Waals surface area contributed by atoms with Crippen molar-refractivity contribution in [3.05, 3.63) is 76.9 Å². The Kier molecular flexibility index (Phi) is 4.78. The molecule has 1 heterocycles. The van der Waals surface area contributed by atoms with E-state index in [1.165, 1.54) is 28.8 Å². The molecular weight excluding hydrogens is 368 g/mol. The molecule has 0 spiro atoms. The largest absolute Gasteiger partial charge is 0.416 e. The average molecular weight is 380 g/mol. The number of rotatable bonds is 3. The second kappa shape index (κ2) is 6.87. The zero-order valence-corrected chi connectivity index (χ0v) is 14.1. The maximum Gasteiger partial charge on any atom is 0.416 e. The lowest BCUT2D eigenvalue weighted by atomic mass is 10.1. The Labute approximate surface area is 149 Å². The van der Waals surface area contributed by atoms with E-state index in [2.05, 4.69) is 11.6 Å². The molecule has 0 saturated carbocycles. The number of nitrogens with zero attached hydrogens (tertiary/aromatic N) is 2. The minimum atomic E-state index is -4.56. The third-order valence-electron chi connectivity index (χ3n) is 3.60. The van der Waals surface area contributed by atoms with Gasteiger partial charge in [-0.1, -0.05) is 29.5 Å². The van der Waals surface area contributed by atoms with Crippen LogP contribution in [0, 0.1) is 5.82 Å². The molecule has 26 heavy (non-hydrogen) atoms. The van der Waals surface area contributed by atoms with E-state index in [0.717, 1.165) is 29.5 Å². The fraction of sp³-hybridized carbons (Fsp3) is 0.111. The summed E-state index contributed by atoms with van der Waals surface area (Å²) >= 11 is 1.08. The van der Waals surface area contributed by atoms with Crippen molar-refractivity contribution in [1.82, 2.24) is 4.57 Å². The monoisotopic (exact) mass is 380 g/mol. The predicted molar refractivity (Wildman–Crippen MR) is 91.3 cm³/mol. The van der Waals surface area contributed by atoms with Gasteiger partial charge in [0.05, 0.1) is 15.8 Å². The Bertz CT molecular complexity index is 1060. The zero-order chi connectivity index (χ0) is 18.9. The number of hydrogen-bond acceptors (Lipinski definition) is 2. The fourth-order valence-corrected chi connectivity index (χ4v) is 3.50. The van der Waals surface area contributed by atoms with Gasteiger partial charge in [-0.15, -0.1) is 6.58 Å². The fourth-order valence-electron chi connectivity index (χ4n) is 2.45. The van der Waals surface area contributed by atoms with Crippen molar-refractivity contribution in [2.24, 2.45) is 4.99 Å². The minimum Gasteiger partial charge on any atom is -0.310 e. The Balaban J connectivity index is 2.13. The van der Waals surface area contributed by atoms with E-state index in [-0.39, 0.29) is 22.4 Å². The molecule has 0 aliphatic carbocycles. The van der Waals surface area contributed by atoms with Crippen LogP contribution in [0.4, 0.5) is 17.6 Å². The number of para-hydroxylation sites is 1. The van der Waals surface area contributed by atoms with E-state index in [0.29, 0.717) is 4.70 Å². The highest BCUT2D eigenvalue weighted by molar-refractivity contribution is 7.16. The lowest BCUT2D eigenvalue weighted by Crippen LogP contribution is -2.17. The van der Waals surface area contributed by atoms with Crippen LogP contribution in [0.2, 0.25) is 0 Å². The number of aromatic nitrogens is 1. The van der Waals surface area contributed by atoms with E-state index in [1.54, 1.807) is 6.07 Å². The number of allylic oxidation sites excluding steroid dienone is 1. The lowest BCUT2D eigenvalue weighted by Gasteiger charge is -2.06. The first-order valence-corrected chi connectivity index (χ1v) is 8.28. The molecule has 1 aromatic heterocycles. The number of thiazole rings is 1. The molecule has 0 fully saturated rings. The Morgan fingerprint density at radius 1 is 1.23 bits per heavy atom. The van der Waals surface area contributed by atoms with Crippen LogP contribution in [0.3, 0.4) is 0 Å². The highest BCUT2D eigenvalue weighted by Gasteiger charge is 2.30. The summed E-state index contributed by atoms with van der Waals surface area (Å²) in [5.74, 6) is -1.31. The molecule has 0 bridgehead atoms. The number of halogens is 4. The summed E-state index contributed by atoms with van der Waals surface area (Å²) in [5, 5.41) is 0. The molecule has 134 valence electrons. The minimum absolute atomic E-state index is 0.187. The summed E-state index contributed by atoms with van der Waals surface area (Å²) in [4.78, 5) is 16.4. The number of hydrogen-bond donors (Lipinski definition) is 0. The van der Waals surface area contributed by atoms with Crippen LogP contribution >= 0.6 is 11.3 Å². The smallest absolute Gasteiger partial charge is 0.310 e. The van der Waals surface area contributed by atoms with Gasteiger partial charge in [-0.3, -0.25) is 4.79 Å². The van der Waals surface area contributed by atoms with Gasteiger partial charge in [0, 0.05) is 12.1 Å². The standard InChI is InChI=1S/C18H12F4N2OS/c1-2-9-24-15-13(19)7-4-8-14(15)26-17(24)23-16(25)11-5-3-6-12(10-11)18(20,21)22/h2-8,10H,1,9H2. The Morgan fingerprint density at radius 3 is 2.65 bits per heavy atom. The van der Waals surface area contributed by atoms with Gasteiger partial charge < -0.3 is 4.57 Å². The summed E-state index contributed by atoms with van der Waals surface area (Å²) in [5.41, 5.74) is -0.851. The van der Waals surface area contributed by atoms with Crippen LogP contribution in [0.15, 0.2) is 60.1 Å². The predicted octanol–water partition coefficient (Wildman–Crippen LogP) is 4.79. The maximum atomic E-state index is 14.1. The number of alkyl halides is 3. The van der Waals surface area contributed by atoms with Crippen molar-refractivity contribution in [3.8, 4) is 0 Å². The van der Waals surface area contributed by atoms with E-state index in [1.807, 2.05) is 0 Å². The highest BCUT2D eigenvalue weighted by Crippen LogP contribution is 2.29. The van der Waals surface area contributed by atoms with Crippen molar-refractivity contribution in [2.45, 2.75) is 12.7 Å². The highest BCUT2D eigenvalue weighted by atomic mass is 32.1. The van der Waals surface area contributed by atoms with Gasteiger partial charge in [0.25, 0.3) is 5.91 Å². The Morgan fingerprint density at radius 2 is 1.96 bits per heavy atom. The lowest BCUT2D eigenvalue weighted by molar-refractivity contribution is -0.137. The number of fused-ring (bicyclic) bond motifs is 1. The summed E-state index contributed by atoms with van der Waals surface area (Å²) in [7, 11) is 0. The SMILES string of the molecule is C=CCn1c(=NC(=O)c2cccc(C(F)(F)F)c2)sc2cccc(F)c21. The molecular formula is C18H12F4N2OS. The van der Waals surface area contributed by atoms with Crippen molar-refractivity contribution in [1.29, 1.82) is 0 Å². The molecule has 0 saturated heterocycles. The summed E-state index contributed by atoms with van der Waals surface area (Å²) in [6.45, 7) is 3.80. The number of benzene rings is 2. The number of carbonyl (C=O) groups is 1. The van der Waals surface area contributed by atoms with Gasteiger partial charge in [0.1, 0.15) is 5.82 Å². The third-order valence-corrected chi connectivity index (χ3v) is 4.64. The molecule has 0 unspecified atom stereocenters. The van der Waals surface area contributed by atoms with Crippen molar-refractivity contribution >= 4 is 27.5 Å². The molecule has 0 radical (unpaired) electrons. The first-order valence-electron chi connectivity index (χ1n) is 7.46. The average Bonchev–Trinajstić information content (AvgIpc) is 2.93. The second-order valence-electron chi connectivity index (χ2n) is 5.37. The van der Waals surface area contributed by atoms with Gasteiger partial charge >= 0.3 is 6.18 Å². The van der Waals surface area contributed by atoms with Crippen molar-refractivity contribution in [3.63, 3.8) is 0 Å². The van der Waals surface area contributed by atoms with E-state index in [9.17, 15) is 22.4 Å². The van der Waals surface area contributed by atoms with Crippen LogP contribution in [0.25, 0.3) is 10.2 Å². The van der Waals surface area contributed by atoms with Gasteiger partial charge in [-0.25, -0.2) is 4.39 Å². The van der Waals surface area contributed by atoms with Crippen LogP contribution in [-0.2, 0) is 12.7 Å². The molecule has 0 aliphatic rings. The third kappa shape index (κ3) is 3.45. The molecule has 3 aromatic rings. The molecule has 0 N–H and O–H groups in total. The van der Waals surface area contributed by atoms with Crippen molar-refractivity contribution in [2.75, 3.05) is 0 Å². The van der Waals surface area contributed by atoms with Gasteiger partial charge in [0.2, 0.25) is 0 Å². The molecule has 2 aromatic carbocycles. The first kappa shape index (κ1) is 18.1. The summed E-state index contributed by atoms with van der Waals surface area (Å²) < 4.78 is 54.6. The molecule has 0 atom stereocenters. The van der Waals surface area contributed by atoms with E-state index < -0.39 is 23.5 Å². The summed E-state index contributed by atoms with van der Waals surface area (Å²) in [6, 6.07) is 8.52. The van der Waals surface area contributed by atoms with Crippen LogP contribution in [0.1, 0.15) is 15.9 Å². The number of carbonyl (C=O) groups excluding carboxylic acids is 1.